The van der Waals surface area contributed by atoms with Crippen molar-refractivity contribution in [2.45, 2.75) is 19.4 Å². The molecule has 1 aromatic heterocycles. The fourth-order valence-corrected chi connectivity index (χ4v) is 5.43. The number of thiophene rings is 1. The highest BCUT2D eigenvalue weighted by molar-refractivity contribution is 7.22. The first-order valence-corrected chi connectivity index (χ1v) is 11.1. The van der Waals surface area contributed by atoms with Gasteiger partial charge in [-0.2, -0.15) is 0 Å². The van der Waals surface area contributed by atoms with Crippen LogP contribution < -0.4 is 5.32 Å². The molecule has 5 heteroatoms. The highest BCUT2D eigenvalue weighted by Gasteiger charge is 2.19. The second-order valence-corrected chi connectivity index (χ2v) is 9.00. The van der Waals surface area contributed by atoms with Crippen LogP contribution in [0.4, 0.5) is 11.4 Å². The van der Waals surface area contributed by atoms with Crippen LogP contribution in [0.25, 0.3) is 20.5 Å². The molecule has 0 atom stereocenters. The van der Waals surface area contributed by atoms with E-state index in [-0.39, 0.29) is 5.91 Å². The highest BCUT2D eigenvalue weighted by Crippen LogP contribution is 2.39. The van der Waals surface area contributed by atoms with Crippen LogP contribution in [0.5, 0.6) is 0 Å². The molecule has 0 spiro atoms. The average molecular weight is 422 g/mol. The molecule has 3 aromatic carbocycles. The molecule has 0 unspecified atom stereocenters. The Kier molecular flexibility index (Phi) is 4.28. The molecule has 31 heavy (non-hydrogen) atoms. The van der Waals surface area contributed by atoms with Gasteiger partial charge >= 0.3 is 0 Å². The third-order valence-corrected chi connectivity index (χ3v) is 6.92. The Morgan fingerprint density at radius 1 is 1.03 bits per heavy atom. The van der Waals surface area contributed by atoms with Crippen molar-refractivity contribution in [3.63, 3.8) is 0 Å². The summed E-state index contributed by atoms with van der Waals surface area (Å²) in [7, 11) is 0. The Hall–Kier alpha value is -3.57. The van der Waals surface area contributed by atoms with Crippen LogP contribution >= 0.6 is 11.3 Å². The molecule has 4 nitrogen and oxygen atoms in total. The number of nitrogens with one attached hydrogen (secondary N) is 1. The van der Waals surface area contributed by atoms with Gasteiger partial charge in [0.05, 0.1) is 18.7 Å². The van der Waals surface area contributed by atoms with Gasteiger partial charge in [-0.05, 0) is 52.4 Å². The summed E-state index contributed by atoms with van der Waals surface area (Å²) in [6.45, 7) is 0.683. The normalized spacial score (nSPS) is 13.9. The van der Waals surface area contributed by atoms with Gasteiger partial charge < -0.3 is 5.32 Å². The number of benzene rings is 3. The van der Waals surface area contributed by atoms with E-state index in [2.05, 4.69) is 57.8 Å². The van der Waals surface area contributed by atoms with E-state index in [0.29, 0.717) is 13.0 Å². The van der Waals surface area contributed by atoms with Crippen molar-refractivity contribution < 1.29 is 4.79 Å². The van der Waals surface area contributed by atoms with Gasteiger partial charge in [0.25, 0.3) is 0 Å². The number of rotatable bonds is 4. The minimum atomic E-state index is -0.0382. The van der Waals surface area contributed by atoms with Crippen molar-refractivity contribution in [1.82, 2.24) is 0 Å². The molecule has 1 amide bonds. The number of carbonyl (C=O) groups is 1. The number of para-hydroxylation sites is 1. The molecule has 3 heterocycles. The first-order chi connectivity index (χ1) is 15.2. The summed E-state index contributed by atoms with van der Waals surface area (Å²) in [6.07, 6.45) is 2.95. The van der Waals surface area contributed by atoms with Crippen LogP contribution in [0.1, 0.15) is 23.1 Å². The van der Waals surface area contributed by atoms with Crippen LogP contribution in [0.3, 0.4) is 0 Å². The van der Waals surface area contributed by atoms with E-state index in [1.807, 2.05) is 30.5 Å². The molecule has 0 saturated heterocycles. The van der Waals surface area contributed by atoms with Crippen molar-refractivity contribution in [2.24, 2.45) is 9.98 Å². The van der Waals surface area contributed by atoms with Gasteiger partial charge in [-0.25, -0.2) is 0 Å². The van der Waals surface area contributed by atoms with Crippen LogP contribution in [0, 0.1) is 0 Å². The van der Waals surface area contributed by atoms with E-state index in [9.17, 15) is 4.79 Å². The average Bonchev–Trinajstić information content (AvgIpc) is 3.49. The summed E-state index contributed by atoms with van der Waals surface area (Å²) < 4.78 is 1.26. The Bertz CT molecular complexity index is 1380. The zero-order valence-corrected chi connectivity index (χ0v) is 17.6. The molecule has 4 aromatic rings. The summed E-state index contributed by atoms with van der Waals surface area (Å²) in [6, 6.07) is 22.8. The minimum Gasteiger partial charge on any atom is -0.326 e. The Morgan fingerprint density at radius 3 is 2.81 bits per heavy atom. The molecule has 0 bridgehead atoms. The SMILES string of the molecule is O=C(CC1=Nc2ccccc2C1)Nc1cc2c(c(-c3cc4ccccc4s3)c1)CN=C2. The first-order valence-electron chi connectivity index (χ1n) is 10.3. The predicted molar refractivity (Wildman–Crippen MR) is 129 cm³/mol. The number of fused-ring (bicyclic) bond motifs is 3. The summed E-state index contributed by atoms with van der Waals surface area (Å²) in [4.78, 5) is 23.1. The Balaban J connectivity index is 1.28. The maximum Gasteiger partial charge on any atom is 0.230 e. The molecule has 0 fully saturated rings. The molecule has 0 saturated carbocycles. The van der Waals surface area contributed by atoms with E-state index in [4.69, 9.17) is 0 Å². The van der Waals surface area contributed by atoms with E-state index >= 15 is 0 Å². The highest BCUT2D eigenvalue weighted by atomic mass is 32.1. The van der Waals surface area contributed by atoms with Crippen LogP contribution in [-0.2, 0) is 17.8 Å². The Morgan fingerprint density at radius 2 is 1.90 bits per heavy atom. The van der Waals surface area contributed by atoms with Gasteiger partial charge in [0.2, 0.25) is 5.91 Å². The van der Waals surface area contributed by atoms with Gasteiger partial charge in [-0.1, -0.05) is 36.4 Å². The predicted octanol–water partition coefficient (Wildman–Crippen LogP) is 6.16. The summed E-state index contributed by atoms with van der Waals surface area (Å²) in [5, 5.41) is 4.33. The minimum absolute atomic E-state index is 0.0382. The lowest BCUT2D eigenvalue weighted by molar-refractivity contribution is -0.115. The van der Waals surface area contributed by atoms with E-state index < -0.39 is 0 Å². The number of anilines is 1. The third-order valence-electron chi connectivity index (χ3n) is 5.77. The van der Waals surface area contributed by atoms with Gasteiger partial charge in [0.15, 0.2) is 0 Å². The van der Waals surface area contributed by atoms with Crippen LogP contribution in [-0.4, -0.2) is 17.8 Å². The van der Waals surface area contributed by atoms with E-state index in [1.165, 1.54) is 26.1 Å². The molecule has 2 aliphatic rings. The number of nitrogens with zero attached hydrogens (tertiary/aromatic N) is 2. The Labute approximate surface area is 184 Å². The van der Waals surface area contributed by atoms with Gasteiger partial charge in [0, 0.05) is 39.2 Å². The molecular formula is C26H19N3OS. The lowest BCUT2D eigenvalue weighted by Crippen LogP contribution is -2.16. The molecule has 1 N–H and O–H groups in total. The van der Waals surface area contributed by atoms with Crippen molar-refractivity contribution >= 4 is 50.6 Å². The molecule has 6 rings (SSSR count). The molecule has 0 aliphatic carbocycles. The number of amides is 1. The van der Waals surface area contributed by atoms with Crippen LogP contribution in [0.15, 0.2) is 76.7 Å². The number of carbonyl (C=O) groups excluding carboxylic acids is 1. The number of hydrogen-bond donors (Lipinski definition) is 1. The van der Waals surface area contributed by atoms with E-state index in [0.717, 1.165) is 34.6 Å². The second kappa shape index (κ2) is 7.29. The van der Waals surface area contributed by atoms with Crippen molar-refractivity contribution in [3.8, 4) is 10.4 Å². The van der Waals surface area contributed by atoms with Gasteiger partial charge in [-0.3, -0.25) is 14.8 Å². The smallest absolute Gasteiger partial charge is 0.230 e. The fraction of sp³-hybridized carbons (Fsp3) is 0.115. The maximum atomic E-state index is 12.8. The second-order valence-electron chi connectivity index (χ2n) is 7.92. The van der Waals surface area contributed by atoms with Crippen molar-refractivity contribution in [2.75, 3.05) is 5.32 Å². The summed E-state index contributed by atoms with van der Waals surface area (Å²) in [5.74, 6) is -0.0382. The largest absolute Gasteiger partial charge is 0.326 e. The number of hydrogen-bond acceptors (Lipinski definition) is 4. The standard InChI is InChI=1S/C26H19N3OS/c30-26(13-20-9-16-5-1-3-7-23(16)28-20)29-19-10-18-14-27-15-22(18)21(12-19)25-11-17-6-2-4-8-24(17)31-25/h1-8,10-12,14H,9,13,15H2,(H,29,30). The quantitative estimate of drug-likeness (QED) is 0.422. The topological polar surface area (TPSA) is 53.8 Å². The zero-order valence-electron chi connectivity index (χ0n) is 16.8. The van der Waals surface area contributed by atoms with Crippen molar-refractivity contribution in [1.29, 1.82) is 0 Å². The van der Waals surface area contributed by atoms with Crippen LogP contribution in [0.2, 0.25) is 0 Å². The first kappa shape index (κ1) is 18.2. The molecule has 0 radical (unpaired) electrons. The fourth-order valence-electron chi connectivity index (χ4n) is 4.32. The summed E-state index contributed by atoms with van der Waals surface area (Å²) >= 11 is 1.78. The number of aliphatic imine (C=N–C) groups is 2. The molecule has 150 valence electrons. The monoisotopic (exact) mass is 421 g/mol. The zero-order chi connectivity index (χ0) is 20.8. The lowest BCUT2D eigenvalue weighted by atomic mass is 10.00. The van der Waals surface area contributed by atoms with Gasteiger partial charge in [0.1, 0.15) is 0 Å². The third kappa shape index (κ3) is 3.37. The maximum absolute atomic E-state index is 12.8. The molecular weight excluding hydrogens is 402 g/mol. The van der Waals surface area contributed by atoms with Crippen molar-refractivity contribution in [3.05, 3.63) is 83.4 Å². The lowest BCUT2D eigenvalue weighted by Gasteiger charge is -2.11. The molecule has 2 aliphatic heterocycles. The van der Waals surface area contributed by atoms with E-state index in [1.54, 1.807) is 11.3 Å². The summed E-state index contributed by atoms with van der Waals surface area (Å²) in [5.41, 5.74) is 7.33. The van der Waals surface area contributed by atoms with Gasteiger partial charge in [-0.15, -0.1) is 11.3 Å².